The Balaban J connectivity index is 2.43. The fourth-order valence-electron chi connectivity index (χ4n) is 3.42. The van der Waals surface area contributed by atoms with Gasteiger partial charge in [0.1, 0.15) is 11.6 Å². The summed E-state index contributed by atoms with van der Waals surface area (Å²) in [6.45, 7) is 5.29. The van der Waals surface area contributed by atoms with Crippen molar-refractivity contribution in [2.24, 2.45) is 0 Å². The molecule has 0 radical (unpaired) electrons. The van der Waals surface area contributed by atoms with Gasteiger partial charge in [0.05, 0.1) is 22.9 Å². The fraction of sp³-hybridized carbons (Fsp3) is 0.200. The van der Waals surface area contributed by atoms with Crippen molar-refractivity contribution in [3.05, 3.63) is 58.8 Å². The third kappa shape index (κ3) is 4.24. The van der Waals surface area contributed by atoms with E-state index in [4.69, 9.17) is 11.4 Å². The van der Waals surface area contributed by atoms with Crippen molar-refractivity contribution in [2.75, 3.05) is 24.3 Å². The molecule has 1 N–H and O–H groups in total. The Morgan fingerprint density at radius 2 is 1.87 bits per heavy atom. The summed E-state index contributed by atoms with van der Waals surface area (Å²) in [5.41, 5.74) is 5.66. The van der Waals surface area contributed by atoms with Gasteiger partial charge < -0.3 is 4.90 Å². The van der Waals surface area contributed by atoms with Crippen LogP contribution in [-0.4, -0.2) is 29.8 Å². The number of aryl methyl sites for hydroxylation is 1. The Bertz CT molecular complexity index is 1260. The normalized spacial score (nSPS) is 10.2. The highest BCUT2D eigenvalue weighted by atomic mass is 16.1. The minimum atomic E-state index is -0.154. The first-order valence-corrected chi connectivity index (χ1v) is 9.70. The molecule has 1 aromatic carbocycles. The minimum Gasteiger partial charge on any atom is -0.363 e. The van der Waals surface area contributed by atoms with Gasteiger partial charge in [0.2, 0.25) is 0 Å². The Kier molecular flexibility index (Phi) is 6.04. The average Bonchev–Trinajstić information content (AvgIpc) is 2.73. The zero-order chi connectivity index (χ0) is 22.7. The summed E-state index contributed by atoms with van der Waals surface area (Å²) in [5, 5.41) is 12.2. The number of benzene rings is 1. The first kappa shape index (κ1) is 21.5. The van der Waals surface area contributed by atoms with E-state index in [9.17, 15) is 10.1 Å². The molecule has 31 heavy (non-hydrogen) atoms. The number of hydrogen-bond acceptors (Lipinski definition) is 6. The van der Waals surface area contributed by atoms with Gasteiger partial charge in [-0.15, -0.1) is 0 Å². The van der Waals surface area contributed by atoms with Crippen LogP contribution >= 0.6 is 0 Å². The van der Waals surface area contributed by atoms with Crippen LogP contribution in [-0.2, 0) is 0 Å². The molecule has 0 atom stereocenters. The van der Waals surface area contributed by atoms with Crippen LogP contribution in [0.15, 0.2) is 36.4 Å². The zero-order valence-electron chi connectivity index (χ0n) is 18.2. The van der Waals surface area contributed by atoms with Crippen molar-refractivity contribution in [2.45, 2.75) is 20.8 Å². The fourth-order valence-corrected chi connectivity index (χ4v) is 3.42. The molecule has 0 fully saturated rings. The van der Waals surface area contributed by atoms with E-state index in [1.165, 1.54) is 6.92 Å². The van der Waals surface area contributed by atoms with E-state index in [-0.39, 0.29) is 5.78 Å². The molecule has 0 unspecified atom stereocenters. The molecule has 0 bridgehead atoms. The van der Waals surface area contributed by atoms with Crippen LogP contribution in [0.3, 0.4) is 0 Å². The number of aromatic nitrogens is 2. The summed E-state index contributed by atoms with van der Waals surface area (Å²) < 4.78 is 0. The van der Waals surface area contributed by atoms with E-state index in [0.717, 1.165) is 33.8 Å². The van der Waals surface area contributed by atoms with Crippen LogP contribution in [0.25, 0.3) is 22.4 Å². The van der Waals surface area contributed by atoms with E-state index < -0.39 is 0 Å². The van der Waals surface area contributed by atoms with Crippen LogP contribution in [0.4, 0.5) is 11.6 Å². The van der Waals surface area contributed by atoms with Crippen molar-refractivity contribution >= 4 is 17.4 Å². The van der Waals surface area contributed by atoms with Gasteiger partial charge >= 0.3 is 0 Å². The summed E-state index contributed by atoms with van der Waals surface area (Å²) in [6, 6.07) is 15.8. The molecule has 0 aliphatic rings. The van der Waals surface area contributed by atoms with Crippen molar-refractivity contribution in [3.63, 3.8) is 0 Å². The molecule has 0 aliphatic carbocycles. The van der Waals surface area contributed by atoms with Crippen LogP contribution in [0.5, 0.6) is 0 Å². The first-order valence-electron chi connectivity index (χ1n) is 9.70. The monoisotopic (exact) mass is 409 g/mol. The van der Waals surface area contributed by atoms with Crippen LogP contribution < -0.4 is 10.2 Å². The predicted octanol–water partition coefficient (Wildman–Crippen LogP) is 4.57. The number of carbonyl (C=O) groups is 1. The number of Topliss-reactive ketones (excluding diaryl/α,β-unsaturated/α-hetero) is 1. The number of anilines is 2. The first-order chi connectivity index (χ1) is 14.8. The van der Waals surface area contributed by atoms with E-state index >= 15 is 0 Å². The summed E-state index contributed by atoms with van der Waals surface area (Å²) in [4.78, 5) is 23.6. The van der Waals surface area contributed by atoms with Gasteiger partial charge in [-0.25, -0.2) is 9.97 Å². The Morgan fingerprint density at radius 3 is 2.48 bits per heavy atom. The number of pyridine rings is 2. The molecule has 0 saturated carbocycles. The number of carbonyl (C=O) groups excluding carboxylic acids is 1. The molecule has 6 heteroatoms. The van der Waals surface area contributed by atoms with E-state index in [2.05, 4.69) is 22.4 Å². The van der Waals surface area contributed by atoms with Crippen molar-refractivity contribution in [1.82, 2.24) is 9.97 Å². The number of terminal acetylenes is 1. The number of nitriles is 1. The quantitative estimate of drug-likeness (QED) is 0.378. The molecule has 3 rings (SSSR count). The van der Waals surface area contributed by atoms with Crippen LogP contribution in [0, 0.1) is 37.6 Å². The topological polar surface area (TPSA) is 81.9 Å². The molecule has 0 amide bonds. The SMILES string of the molecule is C#CNc1nc(-c2cccc(C#N)c2C)c(-c2cc(C)nc(N(C)C)c2)cc1C(C)=O. The highest BCUT2D eigenvalue weighted by Crippen LogP contribution is 2.37. The van der Waals surface area contributed by atoms with Gasteiger partial charge in [0, 0.05) is 37.0 Å². The molecule has 3 aromatic rings. The van der Waals surface area contributed by atoms with Gasteiger partial charge in [-0.2, -0.15) is 5.26 Å². The van der Waals surface area contributed by atoms with E-state index in [1.807, 2.05) is 57.1 Å². The van der Waals surface area contributed by atoms with Crippen molar-refractivity contribution in [1.29, 1.82) is 5.26 Å². The second-order valence-electron chi connectivity index (χ2n) is 7.45. The zero-order valence-corrected chi connectivity index (χ0v) is 18.2. The maximum Gasteiger partial charge on any atom is 0.163 e. The van der Waals surface area contributed by atoms with Crippen LogP contribution in [0.1, 0.15) is 34.1 Å². The lowest BCUT2D eigenvalue weighted by Crippen LogP contribution is -2.11. The smallest absolute Gasteiger partial charge is 0.163 e. The second-order valence-corrected chi connectivity index (χ2v) is 7.45. The van der Waals surface area contributed by atoms with Crippen molar-refractivity contribution < 1.29 is 4.79 Å². The van der Waals surface area contributed by atoms with Crippen LogP contribution in [0.2, 0.25) is 0 Å². The molecule has 0 saturated heterocycles. The molecule has 2 heterocycles. The molecule has 2 aromatic heterocycles. The van der Waals surface area contributed by atoms with E-state index in [0.29, 0.717) is 22.6 Å². The maximum atomic E-state index is 12.4. The molecule has 154 valence electrons. The summed E-state index contributed by atoms with van der Waals surface area (Å²) >= 11 is 0. The number of rotatable bonds is 5. The number of nitrogens with zero attached hydrogens (tertiary/aromatic N) is 4. The van der Waals surface area contributed by atoms with Gasteiger partial charge in [0.25, 0.3) is 0 Å². The molecule has 0 aliphatic heterocycles. The Labute approximate surface area is 182 Å². The average molecular weight is 409 g/mol. The predicted molar refractivity (Wildman–Crippen MR) is 124 cm³/mol. The highest BCUT2D eigenvalue weighted by Gasteiger charge is 2.20. The largest absolute Gasteiger partial charge is 0.363 e. The summed E-state index contributed by atoms with van der Waals surface area (Å²) in [6.07, 6.45) is 5.45. The third-order valence-corrected chi connectivity index (χ3v) is 5.01. The Morgan fingerprint density at radius 1 is 1.13 bits per heavy atom. The van der Waals surface area contributed by atoms with Gasteiger partial charge in [0.15, 0.2) is 5.78 Å². The lowest BCUT2D eigenvalue weighted by molar-refractivity contribution is 0.101. The van der Waals surface area contributed by atoms with Gasteiger partial charge in [-0.05, 0) is 56.2 Å². The maximum absolute atomic E-state index is 12.4. The standard InChI is InChI=1S/C25H23N5O/c1-7-27-25-21(17(4)31)13-22(19-11-15(2)28-23(12-19)30(5)6)24(29-25)20-10-8-9-18(14-26)16(20)3/h1,8-13H,2-6H3,(H,27,29). The van der Waals surface area contributed by atoms with Gasteiger partial charge in [-0.3, -0.25) is 10.1 Å². The number of ketones is 1. The third-order valence-electron chi connectivity index (χ3n) is 5.01. The summed E-state index contributed by atoms with van der Waals surface area (Å²) in [5.74, 6) is 0.951. The molecular formula is C25H23N5O. The van der Waals surface area contributed by atoms with E-state index in [1.54, 1.807) is 12.1 Å². The lowest BCUT2D eigenvalue weighted by Gasteiger charge is -2.18. The second kappa shape index (κ2) is 8.69. The summed E-state index contributed by atoms with van der Waals surface area (Å²) in [7, 11) is 3.85. The Hall–Kier alpha value is -4.16. The number of nitrogens with one attached hydrogen (secondary N) is 1. The lowest BCUT2D eigenvalue weighted by atomic mass is 9.92. The molecular weight excluding hydrogens is 386 g/mol. The van der Waals surface area contributed by atoms with Crippen molar-refractivity contribution in [3.8, 4) is 40.9 Å². The van der Waals surface area contributed by atoms with Gasteiger partial charge in [-0.1, -0.05) is 18.6 Å². The molecule has 6 nitrogen and oxygen atoms in total. The number of hydrogen-bond donors (Lipinski definition) is 1. The highest BCUT2D eigenvalue weighted by molar-refractivity contribution is 6.02. The molecule has 0 spiro atoms. The minimum absolute atomic E-state index is 0.154.